The first kappa shape index (κ1) is 22.9. The number of alkyl halides is 1. The van der Waals surface area contributed by atoms with Crippen LogP contribution in [0.25, 0.3) is 0 Å². The van der Waals surface area contributed by atoms with Gasteiger partial charge in [-0.3, -0.25) is 0 Å². The number of para-hydroxylation sites is 1. The first-order chi connectivity index (χ1) is 14.6. The summed E-state index contributed by atoms with van der Waals surface area (Å²) in [5, 5.41) is -0.390. The predicted molar refractivity (Wildman–Crippen MR) is 122 cm³/mol. The third kappa shape index (κ3) is 3.89. The highest BCUT2D eigenvalue weighted by atomic mass is 35.5. The average molecular weight is 449 g/mol. The number of methoxy groups -OCH3 is 1. The van der Waals surface area contributed by atoms with Gasteiger partial charge in [0.15, 0.2) is 0 Å². The van der Waals surface area contributed by atoms with Crippen LogP contribution in [0, 0.1) is 23.2 Å². The number of hydrogen-bond acceptors (Lipinski definition) is 5. The lowest BCUT2D eigenvalue weighted by atomic mass is 9.43. The fourth-order valence-corrected chi connectivity index (χ4v) is 6.10. The van der Waals surface area contributed by atoms with Gasteiger partial charge in [-0.25, -0.2) is 4.79 Å². The number of hydrogen-bond donors (Lipinski definition) is 0. The molecular formula is C24H34BClO5. The number of benzene rings is 1. The van der Waals surface area contributed by atoms with Gasteiger partial charge in [-0.2, -0.15) is 0 Å². The summed E-state index contributed by atoms with van der Waals surface area (Å²) in [6.45, 7) is 11.3. The highest BCUT2D eigenvalue weighted by molar-refractivity contribution is 6.60. The summed E-state index contributed by atoms with van der Waals surface area (Å²) in [6, 6.07) is 5.49. The molecule has 0 unspecified atom stereocenters. The van der Waals surface area contributed by atoms with E-state index in [2.05, 4.69) is 20.8 Å². The van der Waals surface area contributed by atoms with Crippen molar-refractivity contribution in [3.63, 3.8) is 0 Å². The molecule has 7 heteroatoms. The first-order valence-corrected chi connectivity index (χ1v) is 11.8. The van der Waals surface area contributed by atoms with Crippen LogP contribution in [-0.4, -0.2) is 43.8 Å². The van der Waals surface area contributed by atoms with Gasteiger partial charge in [-0.05, 0) is 61.0 Å². The first-order valence-electron chi connectivity index (χ1n) is 11.4. The van der Waals surface area contributed by atoms with Crippen molar-refractivity contribution in [3.8, 4) is 5.75 Å². The quantitative estimate of drug-likeness (QED) is 0.336. The highest BCUT2D eigenvalue weighted by Gasteiger charge is 2.68. The predicted octanol–water partition coefficient (Wildman–Crippen LogP) is 4.93. The largest absolute Gasteiger partial charge is 0.496 e. The van der Waals surface area contributed by atoms with E-state index in [4.69, 9.17) is 30.4 Å². The van der Waals surface area contributed by atoms with E-state index >= 15 is 0 Å². The molecule has 0 aromatic heterocycles. The van der Waals surface area contributed by atoms with Crippen molar-refractivity contribution in [2.45, 2.75) is 70.9 Å². The molecule has 31 heavy (non-hydrogen) atoms. The van der Waals surface area contributed by atoms with Gasteiger partial charge in [-0.15, -0.1) is 11.6 Å². The minimum atomic E-state index is -0.479. The van der Waals surface area contributed by atoms with Gasteiger partial charge in [0, 0.05) is 0 Å². The van der Waals surface area contributed by atoms with Crippen LogP contribution in [0.1, 0.15) is 63.4 Å². The number of rotatable bonds is 7. The van der Waals surface area contributed by atoms with Crippen molar-refractivity contribution in [2.24, 2.45) is 23.2 Å². The molecule has 5 rings (SSSR count). The number of carbonyl (C=O) groups is 1. The van der Waals surface area contributed by atoms with E-state index in [1.165, 1.54) is 6.42 Å². The van der Waals surface area contributed by atoms with Gasteiger partial charge in [0.25, 0.3) is 0 Å². The molecule has 0 spiro atoms. The van der Waals surface area contributed by atoms with Gasteiger partial charge in [0.1, 0.15) is 11.3 Å². The Kier molecular flexibility index (Phi) is 6.12. The Balaban J connectivity index is 1.47. The Bertz CT molecular complexity index is 843. The monoisotopic (exact) mass is 448 g/mol. The molecule has 1 heterocycles. The average Bonchev–Trinajstić information content (AvgIpc) is 3.08. The Morgan fingerprint density at radius 2 is 2.03 bits per heavy atom. The van der Waals surface area contributed by atoms with Gasteiger partial charge in [0.2, 0.25) is 0 Å². The zero-order valence-corrected chi connectivity index (χ0v) is 20.2. The van der Waals surface area contributed by atoms with Crippen LogP contribution in [-0.2, 0) is 20.5 Å². The topological polar surface area (TPSA) is 54.0 Å². The summed E-state index contributed by atoms with van der Waals surface area (Å²) >= 11 is 6.82. The molecule has 4 aliphatic rings. The van der Waals surface area contributed by atoms with Crippen LogP contribution in [0.5, 0.6) is 5.75 Å². The summed E-state index contributed by atoms with van der Waals surface area (Å²) in [4.78, 5) is 12.6. The third-order valence-electron chi connectivity index (χ3n) is 7.75. The molecule has 1 aliphatic heterocycles. The maximum absolute atomic E-state index is 12.6. The lowest BCUT2D eigenvalue weighted by Crippen LogP contribution is -2.65. The molecule has 2 bridgehead atoms. The van der Waals surface area contributed by atoms with E-state index in [-0.39, 0.29) is 23.6 Å². The van der Waals surface area contributed by atoms with Gasteiger partial charge >= 0.3 is 13.1 Å². The molecule has 0 amide bonds. The SMILES string of the molecule is COc1c(C[C@@H](Cl)B2O[C@@H]3C[C@@H]4C[C@@H](C4(C)C)[C@]3(C)O2)cccc1C(=O)OCC(C)C. The van der Waals surface area contributed by atoms with Crippen molar-refractivity contribution in [2.75, 3.05) is 13.7 Å². The zero-order chi connectivity index (χ0) is 22.6. The second kappa shape index (κ2) is 8.28. The van der Waals surface area contributed by atoms with Crippen molar-refractivity contribution in [1.82, 2.24) is 0 Å². The van der Waals surface area contributed by atoms with Gasteiger partial charge < -0.3 is 18.8 Å². The molecule has 4 fully saturated rings. The molecule has 0 N–H and O–H groups in total. The van der Waals surface area contributed by atoms with Crippen molar-refractivity contribution in [1.29, 1.82) is 0 Å². The lowest BCUT2D eigenvalue weighted by Gasteiger charge is -2.64. The molecule has 3 saturated carbocycles. The minimum Gasteiger partial charge on any atom is -0.496 e. The Hall–Kier alpha value is -1.24. The summed E-state index contributed by atoms with van der Waals surface area (Å²) < 4.78 is 23.8. The summed E-state index contributed by atoms with van der Waals surface area (Å²) in [7, 11) is 1.09. The minimum absolute atomic E-state index is 0.0924. The molecule has 1 aromatic carbocycles. The van der Waals surface area contributed by atoms with Crippen molar-refractivity contribution < 1.29 is 23.6 Å². The van der Waals surface area contributed by atoms with Crippen LogP contribution in [0.3, 0.4) is 0 Å². The Morgan fingerprint density at radius 1 is 1.29 bits per heavy atom. The molecule has 1 saturated heterocycles. The van der Waals surface area contributed by atoms with Gasteiger partial charge in [-0.1, -0.05) is 39.8 Å². The van der Waals surface area contributed by atoms with E-state index in [9.17, 15) is 4.79 Å². The van der Waals surface area contributed by atoms with E-state index in [1.54, 1.807) is 13.2 Å². The zero-order valence-electron chi connectivity index (χ0n) is 19.4. The fourth-order valence-electron chi connectivity index (χ4n) is 5.83. The maximum atomic E-state index is 12.6. The Labute approximate surface area is 191 Å². The van der Waals surface area contributed by atoms with Crippen molar-refractivity contribution in [3.05, 3.63) is 29.3 Å². The second-order valence-corrected chi connectivity index (χ2v) is 11.1. The van der Waals surface area contributed by atoms with Crippen LogP contribution in [0.4, 0.5) is 0 Å². The van der Waals surface area contributed by atoms with Crippen LogP contribution in [0.15, 0.2) is 18.2 Å². The number of carbonyl (C=O) groups excluding carboxylic acids is 1. The fraction of sp³-hybridized carbons (Fsp3) is 0.708. The number of esters is 1. The lowest BCUT2D eigenvalue weighted by molar-refractivity contribution is -0.199. The van der Waals surface area contributed by atoms with E-state index in [0.717, 1.165) is 12.0 Å². The molecule has 170 valence electrons. The summed E-state index contributed by atoms with van der Waals surface area (Å²) in [5.74, 6) is 1.58. The van der Waals surface area contributed by atoms with Crippen LogP contribution in [0.2, 0.25) is 0 Å². The summed E-state index contributed by atoms with van der Waals surface area (Å²) in [5.41, 5.74) is 1.27. The highest BCUT2D eigenvalue weighted by Crippen LogP contribution is 2.65. The standard InChI is InChI=1S/C24H34BClO5/c1-14(2)13-29-22(27)17-9-7-8-15(21(17)28-6)10-20(26)25-30-19-12-16-11-18(23(16,3)4)24(19,5)31-25/h7-9,14,16,18-20H,10-13H2,1-6H3/t16-,18-,19+,20+,24-/m0/s1. The summed E-state index contributed by atoms with van der Waals surface area (Å²) in [6.07, 6.45) is 2.80. The third-order valence-corrected chi connectivity index (χ3v) is 8.11. The second-order valence-electron chi connectivity index (χ2n) is 10.5. The van der Waals surface area contributed by atoms with E-state index < -0.39 is 12.4 Å². The number of ether oxygens (including phenoxy) is 2. The smallest absolute Gasteiger partial charge is 0.477 e. The number of halogens is 1. The van der Waals surface area contributed by atoms with Gasteiger partial charge in [0.05, 0.1) is 30.7 Å². The van der Waals surface area contributed by atoms with Crippen LogP contribution < -0.4 is 4.74 Å². The molecule has 0 radical (unpaired) electrons. The molecule has 5 atom stereocenters. The van der Waals surface area contributed by atoms with Crippen LogP contribution >= 0.6 is 11.6 Å². The molecule has 3 aliphatic carbocycles. The molecule has 1 aromatic rings. The Morgan fingerprint density at radius 3 is 2.68 bits per heavy atom. The molecular weight excluding hydrogens is 415 g/mol. The maximum Gasteiger partial charge on any atom is 0.477 e. The van der Waals surface area contributed by atoms with Crippen molar-refractivity contribution >= 4 is 24.7 Å². The van der Waals surface area contributed by atoms with E-state index in [1.807, 2.05) is 26.0 Å². The van der Waals surface area contributed by atoms with E-state index in [0.29, 0.717) is 41.6 Å². The molecule has 5 nitrogen and oxygen atoms in total. The normalized spacial score (nSPS) is 31.7.